The fourth-order valence-corrected chi connectivity index (χ4v) is 0.552. The molecule has 0 bridgehead atoms. The molecule has 0 amide bonds. The second-order valence-electron chi connectivity index (χ2n) is 1.33. The molecule has 10 heavy (non-hydrogen) atoms. The molecule has 0 radical (unpaired) electrons. The van der Waals surface area contributed by atoms with Gasteiger partial charge in [0.2, 0.25) is 0 Å². The van der Waals surface area contributed by atoms with Crippen LogP contribution >= 0.6 is 12.2 Å². The summed E-state index contributed by atoms with van der Waals surface area (Å²) in [6.45, 7) is 1.20. The fraction of sp³-hybridized carbons (Fsp3) is 0.667. The molecular weight excluding hydrogens is 185 g/mol. The smallest absolute Gasteiger partial charge is 0.284 e. The van der Waals surface area contributed by atoms with Gasteiger partial charge in [-0.25, -0.2) is 4.99 Å². The summed E-state index contributed by atoms with van der Waals surface area (Å²) in [5, 5.41) is 0.644. The fourth-order valence-electron chi connectivity index (χ4n) is 0.141. The first-order valence-electron chi connectivity index (χ1n) is 2.01. The van der Waals surface area contributed by atoms with Crippen molar-refractivity contribution in [3.8, 4) is 0 Å². The zero-order chi connectivity index (χ0) is 7.49. The van der Waals surface area contributed by atoms with Crippen molar-refractivity contribution in [2.45, 2.75) is 12.3 Å². The van der Waals surface area contributed by atoms with Crippen molar-refractivity contribution in [1.29, 1.82) is 0 Å². The van der Waals surface area contributed by atoms with Crippen LogP contribution in [0.5, 0.6) is 0 Å². The van der Waals surface area contributed by atoms with E-state index < -0.39 is 15.5 Å². The van der Waals surface area contributed by atoms with Gasteiger partial charge in [-0.1, -0.05) is 0 Å². The molecule has 0 aliphatic heterocycles. The maximum Gasteiger partial charge on any atom is 1.00 e. The monoisotopic (exact) mass is 190 g/mol. The van der Waals surface area contributed by atoms with Crippen molar-refractivity contribution >= 4 is 27.5 Å². The molecular formula is C3H5NNaO3S2+. The van der Waals surface area contributed by atoms with E-state index in [0.717, 1.165) is 0 Å². The average molecular weight is 190 g/mol. The molecule has 7 heteroatoms. The minimum absolute atomic E-state index is 0. The molecule has 0 aliphatic carbocycles. The zero-order valence-electron chi connectivity index (χ0n) is 5.60. The minimum Gasteiger partial charge on any atom is -0.284 e. The molecule has 0 saturated carbocycles. The summed E-state index contributed by atoms with van der Waals surface area (Å²) < 4.78 is 28.4. The van der Waals surface area contributed by atoms with Crippen molar-refractivity contribution in [3.05, 3.63) is 0 Å². The van der Waals surface area contributed by atoms with Crippen molar-refractivity contribution in [2.24, 2.45) is 4.99 Å². The van der Waals surface area contributed by atoms with Crippen molar-refractivity contribution in [2.75, 3.05) is 0 Å². The molecule has 0 aromatic heterocycles. The molecule has 0 aliphatic rings. The van der Waals surface area contributed by atoms with Gasteiger partial charge in [0.05, 0.1) is 5.16 Å². The summed E-state index contributed by atoms with van der Waals surface area (Å²) in [6, 6.07) is 0. The normalized spacial score (nSPS) is 12.6. The molecule has 0 aromatic carbocycles. The molecule has 0 spiro atoms. The number of rotatable bonds is 2. The van der Waals surface area contributed by atoms with Crippen LogP contribution < -0.4 is 29.6 Å². The van der Waals surface area contributed by atoms with Crippen LogP contribution in [0.25, 0.3) is 0 Å². The Morgan fingerprint density at radius 3 is 2.20 bits per heavy atom. The maximum atomic E-state index is 10.1. The van der Waals surface area contributed by atoms with Gasteiger partial charge in [0.25, 0.3) is 10.1 Å². The van der Waals surface area contributed by atoms with Gasteiger partial charge in [0.1, 0.15) is 0 Å². The molecule has 0 aromatic rings. The van der Waals surface area contributed by atoms with E-state index in [1.165, 1.54) is 6.92 Å². The maximum absolute atomic E-state index is 10.1. The molecule has 52 valence electrons. The Morgan fingerprint density at radius 2 is 2.10 bits per heavy atom. The van der Waals surface area contributed by atoms with Gasteiger partial charge >= 0.3 is 29.6 Å². The van der Waals surface area contributed by atoms with E-state index in [1.807, 2.05) is 5.16 Å². The number of nitrogens with zero attached hydrogens (tertiary/aromatic N) is 1. The number of thiocarbonyl (C=S) groups is 1. The van der Waals surface area contributed by atoms with Crippen molar-refractivity contribution in [3.63, 3.8) is 0 Å². The second kappa shape index (κ2) is 5.37. The van der Waals surface area contributed by atoms with E-state index in [0.29, 0.717) is 0 Å². The van der Waals surface area contributed by atoms with Crippen LogP contribution in [0.3, 0.4) is 0 Å². The molecule has 1 atom stereocenters. The second-order valence-corrected chi connectivity index (χ2v) is 3.23. The predicted molar refractivity (Wildman–Crippen MR) is 36.0 cm³/mol. The number of hydrogen-bond acceptors (Lipinski definition) is 4. The first kappa shape index (κ1) is 13.3. The van der Waals surface area contributed by atoms with E-state index in [9.17, 15) is 8.42 Å². The van der Waals surface area contributed by atoms with Gasteiger partial charge in [0, 0.05) is 0 Å². The Balaban J connectivity index is 0. The number of isothiocyanates is 1. The third-order valence-electron chi connectivity index (χ3n) is 0.666. The minimum atomic E-state index is -4.06. The Labute approximate surface area is 86.8 Å². The van der Waals surface area contributed by atoms with E-state index >= 15 is 0 Å². The quantitative estimate of drug-likeness (QED) is 0.223. The van der Waals surface area contributed by atoms with Crippen LogP contribution in [0.2, 0.25) is 0 Å². The van der Waals surface area contributed by atoms with Gasteiger partial charge in [0.15, 0.2) is 5.37 Å². The van der Waals surface area contributed by atoms with Gasteiger partial charge in [-0.2, -0.15) is 8.42 Å². The first-order chi connectivity index (χ1) is 3.98. The first-order valence-corrected chi connectivity index (χ1v) is 3.93. The Bertz CT molecular complexity index is 230. The Kier molecular flexibility index (Phi) is 7.15. The van der Waals surface area contributed by atoms with Gasteiger partial charge < -0.3 is 0 Å². The summed E-state index contributed by atoms with van der Waals surface area (Å²) in [6.07, 6.45) is 0. The van der Waals surface area contributed by atoms with Crippen LogP contribution in [-0.4, -0.2) is 23.5 Å². The van der Waals surface area contributed by atoms with Crippen LogP contribution in [0.4, 0.5) is 0 Å². The van der Waals surface area contributed by atoms with Crippen LogP contribution in [0.1, 0.15) is 6.92 Å². The summed E-state index contributed by atoms with van der Waals surface area (Å²) in [5.74, 6) is 0. The van der Waals surface area contributed by atoms with E-state index in [4.69, 9.17) is 4.55 Å². The molecule has 0 saturated heterocycles. The largest absolute Gasteiger partial charge is 1.00 e. The van der Waals surface area contributed by atoms with Crippen LogP contribution in [-0.2, 0) is 10.1 Å². The molecule has 0 rings (SSSR count). The van der Waals surface area contributed by atoms with Gasteiger partial charge in [-0.05, 0) is 19.1 Å². The summed E-state index contributed by atoms with van der Waals surface area (Å²) in [4.78, 5) is 3.12. The summed E-state index contributed by atoms with van der Waals surface area (Å²) in [5.41, 5.74) is 0. The third-order valence-corrected chi connectivity index (χ3v) is 1.74. The van der Waals surface area contributed by atoms with Crippen molar-refractivity contribution < 1.29 is 42.5 Å². The molecule has 4 nitrogen and oxygen atoms in total. The van der Waals surface area contributed by atoms with Gasteiger partial charge in [-0.3, -0.25) is 4.55 Å². The zero-order valence-corrected chi connectivity index (χ0v) is 9.24. The molecule has 0 heterocycles. The Morgan fingerprint density at radius 1 is 1.70 bits per heavy atom. The average Bonchev–Trinajstić information content (AvgIpc) is 1.64. The summed E-state index contributed by atoms with van der Waals surface area (Å²) in [7, 11) is -4.06. The van der Waals surface area contributed by atoms with E-state index in [-0.39, 0.29) is 29.6 Å². The van der Waals surface area contributed by atoms with E-state index in [1.54, 1.807) is 0 Å². The SMILES string of the molecule is CC(N=C=S)S(=O)(=O)O.[Na+]. The standard InChI is InChI=1S/C3H5NO3S2.Na/c1-3(4-2-8)9(5,6)7;/h3H,1H3,(H,5,6,7);/q;+1. The number of aliphatic imine (C=N–C) groups is 1. The molecule has 1 unspecified atom stereocenters. The third kappa shape index (κ3) is 5.49. The van der Waals surface area contributed by atoms with E-state index in [2.05, 4.69) is 17.2 Å². The topological polar surface area (TPSA) is 66.7 Å². The number of hydrogen-bond donors (Lipinski definition) is 1. The molecule has 1 N–H and O–H groups in total. The predicted octanol–water partition coefficient (Wildman–Crippen LogP) is -2.67. The Hall–Kier alpha value is 0.710. The van der Waals surface area contributed by atoms with Crippen LogP contribution in [0.15, 0.2) is 4.99 Å². The molecule has 0 fully saturated rings. The summed E-state index contributed by atoms with van der Waals surface area (Å²) >= 11 is 4.10. The van der Waals surface area contributed by atoms with Crippen LogP contribution in [0, 0.1) is 0 Å². The van der Waals surface area contributed by atoms with Gasteiger partial charge in [-0.15, -0.1) is 0 Å². The van der Waals surface area contributed by atoms with Crippen molar-refractivity contribution in [1.82, 2.24) is 0 Å².